The van der Waals surface area contributed by atoms with Crippen molar-refractivity contribution in [1.29, 1.82) is 0 Å². The van der Waals surface area contributed by atoms with Crippen LogP contribution in [-0.2, 0) is 27.6 Å². The van der Waals surface area contributed by atoms with Crippen LogP contribution in [0.25, 0.3) is 5.69 Å². The summed E-state index contributed by atoms with van der Waals surface area (Å²) in [5.74, 6) is 1.03. The summed E-state index contributed by atoms with van der Waals surface area (Å²) in [5.41, 5.74) is 2.95. The molecule has 196 valence electrons. The molecule has 0 N–H and O–H groups in total. The largest absolute Gasteiger partial charge is 0.331 e. The summed E-state index contributed by atoms with van der Waals surface area (Å²) in [7, 11) is -1.83. The predicted octanol–water partition coefficient (Wildman–Crippen LogP) is 3.51. The van der Waals surface area contributed by atoms with Crippen LogP contribution in [0, 0.1) is 25.1 Å². The van der Waals surface area contributed by atoms with E-state index in [1.54, 1.807) is 43.4 Å². The van der Waals surface area contributed by atoms with Crippen LogP contribution in [0.1, 0.15) is 27.2 Å². The molecular weight excluding hydrogens is 505 g/mol. The van der Waals surface area contributed by atoms with Gasteiger partial charge in [-0.2, -0.15) is 0 Å². The van der Waals surface area contributed by atoms with Crippen LogP contribution < -0.4 is 0 Å². The van der Waals surface area contributed by atoms with E-state index in [0.717, 1.165) is 11.1 Å². The molecule has 1 unspecified atom stereocenters. The summed E-state index contributed by atoms with van der Waals surface area (Å²) < 4.78 is 41.1. The number of amides is 2. The summed E-state index contributed by atoms with van der Waals surface area (Å²) >= 11 is 0. The second-order valence-electron chi connectivity index (χ2n) is 9.28. The summed E-state index contributed by atoms with van der Waals surface area (Å²) in [6.07, 6.45) is 8.36. The quantitative estimate of drug-likeness (QED) is 0.415. The van der Waals surface area contributed by atoms with Gasteiger partial charge in [-0.3, -0.25) is 9.59 Å². The molecular formula is C29H28FN3O4S. The molecule has 7 nitrogen and oxygen atoms in total. The third kappa shape index (κ3) is 6.03. The number of benzene rings is 2. The normalized spacial score (nSPS) is 15.7. The van der Waals surface area contributed by atoms with Gasteiger partial charge in [0.2, 0.25) is 5.91 Å². The zero-order chi connectivity index (χ0) is 27.4. The van der Waals surface area contributed by atoms with Gasteiger partial charge in [-0.25, -0.2) is 12.8 Å². The smallest absolute Gasteiger partial charge is 0.254 e. The molecule has 3 aromatic rings. The van der Waals surface area contributed by atoms with E-state index < -0.39 is 27.6 Å². The highest BCUT2D eigenvalue weighted by Gasteiger charge is 2.31. The lowest BCUT2D eigenvalue weighted by molar-refractivity contribution is -0.132. The molecule has 0 spiro atoms. The monoisotopic (exact) mass is 533 g/mol. The van der Waals surface area contributed by atoms with E-state index in [2.05, 4.69) is 5.92 Å². The van der Waals surface area contributed by atoms with Gasteiger partial charge in [0.1, 0.15) is 5.82 Å². The summed E-state index contributed by atoms with van der Waals surface area (Å²) in [6.45, 7) is 2.18. The first-order chi connectivity index (χ1) is 18.1. The zero-order valence-electron chi connectivity index (χ0n) is 21.2. The second-order valence-corrected chi connectivity index (χ2v) is 11.2. The van der Waals surface area contributed by atoms with Gasteiger partial charge in [0, 0.05) is 42.1 Å². The molecule has 0 bridgehead atoms. The van der Waals surface area contributed by atoms with Gasteiger partial charge < -0.3 is 14.4 Å². The number of halogens is 1. The Bertz CT molecular complexity index is 1530. The van der Waals surface area contributed by atoms with Crippen molar-refractivity contribution in [2.75, 3.05) is 19.3 Å². The van der Waals surface area contributed by atoms with Crippen LogP contribution in [0.2, 0.25) is 0 Å². The SMILES string of the molecule is C#CCN(C)C(=O)c1ccc(CN(C(=O)Cc2ccc(-n3cccc3C)cc2F)C2C=CS(=O)(=O)C2)cc1. The number of rotatable bonds is 8. The molecule has 2 aromatic carbocycles. The number of carbonyl (C=O) groups excluding carboxylic acids is 2. The van der Waals surface area contributed by atoms with E-state index in [4.69, 9.17) is 6.42 Å². The van der Waals surface area contributed by atoms with E-state index in [-0.39, 0.29) is 36.7 Å². The molecule has 0 saturated heterocycles. The van der Waals surface area contributed by atoms with Crippen molar-refractivity contribution in [2.24, 2.45) is 0 Å². The molecule has 0 aliphatic carbocycles. The molecule has 1 aliphatic heterocycles. The lowest BCUT2D eigenvalue weighted by Gasteiger charge is -2.28. The van der Waals surface area contributed by atoms with E-state index in [1.165, 1.54) is 21.9 Å². The highest BCUT2D eigenvalue weighted by atomic mass is 32.2. The molecule has 2 heterocycles. The first-order valence-corrected chi connectivity index (χ1v) is 13.7. The summed E-state index contributed by atoms with van der Waals surface area (Å²) in [5, 5.41) is 1.11. The molecule has 1 aliphatic rings. The molecule has 1 aromatic heterocycles. The maximum absolute atomic E-state index is 15.0. The number of terminal acetylenes is 1. The topological polar surface area (TPSA) is 79.7 Å². The molecule has 9 heteroatoms. The Hall–Kier alpha value is -4.16. The standard InChI is InChI=1S/C29H28FN3O4S/c1-4-14-31(3)29(35)23-9-7-22(8-10-23)19-33(26-13-16-38(36,37)20-26)28(34)17-24-11-12-25(18-27(24)30)32-15-5-6-21(32)2/h1,5-13,15-16,18,26H,14,17,19-20H2,2-3H3. The van der Waals surface area contributed by atoms with Gasteiger partial charge in [0.25, 0.3) is 5.91 Å². The van der Waals surface area contributed by atoms with E-state index in [0.29, 0.717) is 16.8 Å². The highest BCUT2D eigenvalue weighted by Crippen LogP contribution is 2.22. The summed E-state index contributed by atoms with van der Waals surface area (Å²) in [6, 6.07) is 14.5. The van der Waals surface area contributed by atoms with Crippen molar-refractivity contribution < 1.29 is 22.4 Å². The van der Waals surface area contributed by atoms with Crippen molar-refractivity contribution in [3.63, 3.8) is 0 Å². The number of nitrogens with zero attached hydrogens (tertiary/aromatic N) is 3. The lowest BCUT2D eigenvalue weighted by Crippen LogP contribution is -2.41. The maximum atomic E-state index is 15.0. The second kappa shape index (κ2) is 11.1. The number of hydrogen-bond acceptors (Lipinski definition) is 4. The van der Waals surface area contributed by atoms with Crippen LogP contribution in [0.15, 0.2) is 72.3 Å². The molecule has 0 radical (unpaired) electrons. The first-order valence-electron chi connectivity index (χ1n) is 12.0. The Morgan fingerprint density at radius 2 is 1.89 bits per heavy atom. The Morgan fingerprint density at radius 1 is 1.16 bits per heavy atom. The van der Waals surface area contributed by atoms with Gasteiger partial charge >= 0.3 is 0 Å². The fraction of sp³-hybridized carbons (Fsp3) is 0.241. The van der Waals surface area contributed by atoms with E-state index in [9.17, 15) is 18.0 Å². The fourth-order valence-corrected chi connectivity index (χ4v) is 5.67. The third-order valence-corrected chi connectivity index (χ3v) is 7.85. The average molecular weight is 534 g/mol. The molecule has 4 rings (SSSR count). The van der Waals surface area contributed by atoms with Gasteiger partial charge in [-0.05, 0) is 60.5 Å². The minimum absolute atomic E-state index is 0.0975. The van der Waals surface area contributed by atoms with Crippen molar-refractivity contribution in [3.05, 3.63) is 100 Å². The number of sulfone groups is 1. The molecule has 0 fully saturated rings. The lowest BCUT2D eigenvalue weighted by atomic mass is 10.1. The Kier molecular flexibility index (Phi) is 7.83. The minimum Gasteiger partial charge on any atom is -0.331 e. The number of aromatic nitrogens is 1. The van der Waals surface area contributed by atoms with Crippen LogP contribution in [0.5, 0.6) is 0 Å². The van der Waals surface area contributed by atoms with Gasteiger partial charge in [-0.1, -0.05) is 24.1 Å². The number of hydrogen-bond donors (Lipinski definition) is 0. The van der Waals surface area contributed by atoms with Crippen molar-refractivity contribution in [1.82, 2.24) is 14.4 Å². The maximum Gasteiger partial charge on any atom is 0.254 e. The number of carbonyl (C=O) groups is 2. The molecule has 0 saturated carbocycles. The Labute approximate surface area is 222 Å². The minimum atomic E-state index is -3.43. The van der Waals surface area contributed by atoms with Crippen LogP contribution in [0.4, 0.5) is 4.39 Å². The van der Waals surface area contributed by atoms with Crippen molar-refractivity contribution >= 4 is 21.7 Å². The van der Waals surface area contributed by atoms with Crippen LogP contribution in [0.3, 0.4) is 0 Å². The Balaban J connectivity index is 1.54. The van der Waals surface area contributed by atoms with Crippen molar-refractivity contribution in [2.45, 2.75) is 25.9 Å². The van der Waals surface area contributed by atoms with Crippen LogP contribution >= 0.6 is 0 Å². The molecule has 1 atom stereocenters. The van der Waals surface area contributed by atoms with Gasteiger partial charge in [-0.15, -0.1) is 6.42 Å². The van der Waals surface area contributed by atoms with E-state index in [1.807, 2.05) is 29.8 Å². The highest BCUT2D eigenvalue weighted by molar-refractivity contribution is 7.94. The average Bonchev–Trinajstić information content (AvgIpc) is 3.48. The summed E-state index contributed by atoms with van der Waals surface area (Å²) in [4.78, 5) is 28.7. The van der Waals surface area contributed by atoms with Gasteiger partial charge in [0.05, 0.1) is 24.8 Å². The first kappa shape index (κ1) is 26.9. The zero-order valence-corrected chi connectivity index (χ0v) is 22.0. The van der Waals surface area contributed by atoms with Crippen LogP contribution in [-0.4, -0.2) is 60.0 Å². The molecule has 2 amide bonds. The molecule has 38 heavy (non-hydrogen) atoms. The number of aryl methyl sites for hydroxylation is 1. The predicted molar refractivity (Wildman–Crippen MR) is 144 cm³/mol. The fourth-order valence-electron chi connectivity index (χ4n) is 4.37. The Morgan fingerprint density at radius 3 is 2.47 bits per heavy atom. The van der Waals surface area contributed by atoms with Gasteiger partial charge in [0.15, 0.2) is 9.84 Å². The van der Waals surface area contributed by atoms with E-state index >= 15 is 4.39 Å². The third-order valence-electron chi connectivity index (χ3n) is 6.47. The van der Waals surface area contributed by atoms with Crippen molar-refractivity contribution in [3.8, 4) is 18.0 Å².